The molecule has 34 heavy (non-hydrogen) atoms. The van der Waals surface area contributed by atoms with Gasteiger partial charge in [-0.15, -0.1) is 0 Å². The zero-order chi connectivity index (χ0) is 25.5. The van der Waals surface area contributed by atoms with Crippen LogP contribution in [0.1, 0.15) is 52.7 Å². The molecule has 1 N–H and O–H groups in total. The SMILES string of the molecule is CC(C)(C)[Si](C)(C)OCc1c2ccccc2c(CO[Si](C)(C)C(C)(C)C)c2cc(BO)ccc12. The highest BCUT2D eigenvalue weighted by Gasteiger charge is 2.38. The summed E-state index contributed by atoms with van der Waals surface area (Å²) in [6.07, 6.45) is 0. The van der Waals surface area contributed by atoms with Crippen molar-refractivity contribution in [3.8, 4) is 0 Å². The summed E-state index contributed by atoms with van der Waals surface area (Å²) < 4.78 is 13.4. The third-order valence-electron chi connectivity index (χ3n) is 8.26. The highest BCUT2D eigenvalue weighted by Crippen LogP contribution is 2.41. The monoisotopic (exact) mass is 494 g/mol. The molecule has 0 atom stereocenters. The Morgan fingerprint density at radius 2 is 1.09 bits per heavy atom. The van der Waals surface area contributed by atoms with E-state index in [1.54, 1.807) is 0 Å². The molecule has 3 aromatic rings. The van der Waals surface area contributed by atoms with Crippen LogP contribution >= 0.6 is 0 Å². The van der Waals surface area contributed by atoms with Gasteiger partial charge in [0.15, 0.2) is 16.6 Å². The molecule has 3 nitrogen and oxygen atoms in total. The van der Waals surface area contributed by atoms with Gasteiger partial charge in [-0.05, 0) is 68.9 Å². The maximum Gasteiger partial charge on any atom is 0.304 e. The summed E-state index contributed by atoms with van der Waals surface area (Å²) >= 11 is 0. The van der Waals surface area contributed by atoms with Gasteiger partial charge < -0.3 is 13.9 Å². The smallest absolute Gasteiger partial charge is 0.304 e. The molecule has 184 valence electrons. The number of benzene rings is 3. The van der Waals surface area contributed by atoms with Gasteiger partial charge in [0, 0.05) is 0 Å². The van der Waals surface area contributed by atoms with Crippen molar-refractivity contribution in [3.05, 3.63) is 53.6 Å². The minimum Gasteiger partial charge on any atom is -0.449 e. The second-order valence-electron chi connectivity index (χ2n) is 12.6. The van der Waals surface area contributed by atoms with E-state index in [4.69, 9.17) is 8.85 Å². The van der Waals surface area contributed by atoms with Crippen LogP contribution in [-0.4, -0.2) is 29.1 Å². The third-order valence-corrected chi connectivity index (χ3v) is 17.2. The number of rotatable bonds is 7. The molecular weight excluding hydrogens is 451 g/mol. The quantitative estimate of drug-likeness (QED) is 0.284. The summed E-state index contributed by atoms with van der Waals surface area (Å²) in [4.78, 5) is 0. The van der Waals surface area contributed by atoms with Gasteiger partial charge in [0.2, 0.25) is 0 Å². The van der Waals surface area contributed by atoms with E-state index in [0.717, 1.165) is 10.8 Å². The topological polar surface area (TPSA) is 38.7 Å². The van der Waals surface area contributed by atoms with E-state index in [9.17, 15) is 5.02 Å². The molecule has 0 aliphatic heterocycles. The molecular formula is C28H43BO3Si2. The lowest BCUT2D eigenvalue weighted by atomic mass is 9.84. The number of hydrogen-bond acceptors (Lipinski definition) is 3. The van der Waals surface area contributed by atoms with E-state index in [0.29, 0.717) is 13.2 Å². The zero-order valence-electron chi connectivity index (χ0n) is 22.9. The van der Waals surface area contributed by atoms with Crippen LogP contribution < -0.4 is 5.46 Å². The van der Waals surface area contributed by atoms with E-state index in [1.807, 2.05) is 6.07 Å². The van der Waals surface area contributed by atoms with Crippen molar-refractivity contribution in [2.24, 2.45) is 0 Å². The summed E-state index contributed by atoms with van der Waals surface area (Å²) in [6, 6.07) is 15.0. The Labute approximate surface area is 209 Å². The van der Waals surface area contributed by atoms with E-state index in [1.165, 1.54) is 27.3 Å². The highest BCUT2D eigenvalue weighted by atomic mass is 28.4. The zero-order valence-corrected chi connectivity index (χ0v) is 24.9. The van der Waals surface area contributed by atoms with E-state index >= 15 is 0 Å². The Hall–Kier alpha value is -1.44. The van der Waals surface area contributed by atoms with Gasteiger partial charge >= 0.3 is 7.48 Å². The molecule has 3 rings (SSSR count). The van der Waals surface area contributed by atoms with Gasteiger partial charge in [-0.1, -0.05) is 89.5 Å². The van der Waals surface area contributed by atoms with Crippen molar-refractivity contribution in [1.82, 2.24) is 0 Å². The second kappa shape index (κ2) is 9.55. The molecule has 0 spiro atoms. The van der Waals surface area contributed by atoms with Gasteiger partial charge in [-0.2, -0.15) is 0 Å². The van der Waals surface area contributed by atoms with Crippen LogP contribution in [0.25, 0.3) is 21.5 Å². The summed E-state index contributed by atoms with van der Waals surface area (Å²) in [7, 11) is -3.81. The van der Waals surface area contributed by atoms with Crippen molar-refractivity contribution in [2.45, 2.75) is 91.0 Å². The predicted octanol–water partition coefficient (Wildman–Crippen LogP) is 7.01. The van der Waals surface area contributed by atoms with E-state index < -0.39 is 16.6 Å². The first kappa shape index (κ1) is 27.2. The number of fused-ring (bicyclic) bond motifs is 2. The Morgan fingerprint density at radius 1 is 0.676 bits per heavy atom. The first-order valence-corrected chi connectivity index (χ1v) is 18.2. The minimum absolute atomic E-state index is 0.0289. The van der Waals surface area contributed by atoms with E-state index in [-0.39, 0.29) is 17.6 Å². The Kier molecular flexibility index (Phi) is 7.62. The average Bonchev–Trinajstić information content (AvgIpc) is 2.73. The van der Waals surface area contributed by atoms with Crippen molar-refractivity contribution in [2.75, 3.05) is 0 Å². The summed E-state index contributed by atoms with van der Waals surface area (Å²) in [5.41, 5.74) is 3.37. The lowest BCUT2D eigenvalue weighted by Gasteiger charge is -2.37. The standard InChI is InChI=1S/C28H43BO3Si2/c1-27(2,3)33(7,8)31-18-25-21-13-11-12-14-22(21)26(19-32-34(9,10)28(4,5)6)24-17-20(29-30)15-16-23(24)25/h11-17,29-30H,18-19H2,1-10H3. The van der Waals surface area contributed by atoms with Crippen molar-refractivity contribution in [3.63, 3.8) is 0 Å². The fraction of sp³-hybridized carbons (Fsp3) is 0.500. The molecule has 0 aliphatic rings. The van der Waals surface area contributed by atoms with Crippen LogP contribution in [0.2, 0.25) is 36.3 Å². The summed E-state index contributed by atoms with van der Waals surface area (Å²) in [5.74, 6) is 0. The molecule has 0 saturated carbocycles. The molecule has 0 amide bonds. The Morgan fingerprint density at radius 3 is 1.50 bits per heavy atom. The highest BCUT2D eigenvalue weighted by molar-refractivity contribution is 6.74. The maximum absolute atomic E-state index is 9.89. The first-order chi connectivity index (χ1) is 15.6. The van der Waals surface area contributed by atoms with Crippen molar-refractivity contribution < 1.29 is 13.9 Å². The van der Waals surface area contributed by atoms with Crippen LogP contribution in [0.3, 0.4) is 0 Å². The summed E-state index contributed by atoms with van der Waals surface area (Å²) in [6.45, 7) is 24.1. The predicted molar refractivity (Wildman–Crippen MR) is 154 cm³/mol. The molecule has 3 aromatic carbocycles. The molecule has 0 unspecified atom stereocenters. The molecule has 0 aliphatic carbocycles. The van der Waals surface area contributed by atoms with Crippen LogP contribution in [0, 0.1) is 0 Å². The molecule has 0 aromatic heterocycles. The average molecular weight is 495 g/mol. The first-order valence-electron chi connectivity index (χ1n) is 12.4. The minimum atomic E-state index is -1.93. The van der Waals surface area contributed by atoms with Crippen LogP contribution in [-0.2, 0) is 22.1 Å². The molecule has 0 heterocycles. The van der Waals surface area contributed by atoms with Gasteiger partial charge in [0.25, 0.3) is 0 Å². The van der Waals surface area contributed by atoms with Crippen LogP contribution in [0.5, 0.6) is 0 Å². The van der Waals surface area contributed by atoms with Gasteiger partial charge in [-0.3, -0.25) is 0 Å². The lowest BCUT2D eigenvalue weighted by molar-refractivity contribution is 0.277. The van der Waals surface area contributed by atoms with Crippen molar-refractivity contribution in [1.29, 1.82) is 0 Å². The fourth-order valence-corrected chi connectivity index (χ4v) is 5.63. The van der Waals surface area contributed by atoms with Crippen LogP contribution in [0.4, 0.5) is 0 Å². The number of hydrogen-bond donors (Lipinski definition) is 1. The molecule has 6 heteroatoms. The normalized spacial score (nSPS) is 13.6. The lowest BCUT2D eigenvalue weighted by Crippen LogP contribution is -2.40. The fourth-order valence-electron chi connectivity index (χ4n) is 3.75. The molecule has 0 fully saturated rings. The van der Waals surface area contributed by atoms with Gasteiger partial charge in [-0.25, -0.2) is 0 Å². The van der Waals surface area contributed by atoms with Crippen LogP contribution in [0.15, 0.2) is 42.5 Å². The van der Waals surface area contributed by atoms with Gasteiger partial charge in [0.05, 0.1) is 13.2 Å². The molecule has 0 bridgehead atoms. The Balaban J connectivity index is 2.20. The third kappa shape index (κ3) is 5.36. The largest absolute Gasteiger partial charge is 0.449 e. The molecule has 0 saturated heterocycles. The Bertz CT molecular complexity index is 1170. The van der Waals surface area contributed by atoms with Crippen molar-refractivity contribution >= 4 is 51.1 Å². The maximum atomic E-state index is 9.89. The van der Waals surface area contributed by atoms with Gasteiger partial charge in [0.1, 0.15) is 0 Å². The van der Waals surface area contributed by atoms with E-state index in [2.05, 4.69) is 104 Å². The second-order valence-corrected chi connectivity index (χ2v) is 22.3. The molecule has 0 radical (unpaired) electrons. The summed E-state index contributed by atoms with van der Waals surface area (Å²) in [5, 5.41) is 15.0.